The molecule has 0 amide bonds. The zero-order valence-electron chi connectivity index (χ0n) is 13.2. The lowest BCUT2D eigenvalue weighted by atomic mass is 10.1. The summed E-state index contributed by atoms with van der Waals surface area (Å²) in [5.74, 6) is 1.55. The summed E-state index contributed by atoms with van der Waals surface area (Å²) in [4.78, 5) is 4.58. The molecule has 1 heterocycles. The van der Waals surface area contributed by atoms with Gasteiger partial charge in [-0.15, -0.1) is 0 Å². The molecule has 1 aliphatic heterocycles. The maximum Gasteiger partial charge on any atom is 0.182 e. The highest BCUT2D eigenvalue weighted by Crippen LogP contribution is 2.28. The van der Waals surface area contributed by atoms with Crippen molar-refractivity contribution in [1.29, 1.82) is 0 Å². The molecule has 1 aliphatic rings. The van der Waals surface area contributed by atoms with Gasteiger partial charge in [0.25, 0.3) is 0 Å². The Bertz CT molecular complexity index is 738. The van der Waals surface area contributed by atoms with Crippen molar-refractivity contribution in [3.05, 3.63) is 59.7 Å². The van der Waals surface area contributed by atoms with Gasteiger partial charge in [-0.2, -0.15) is 5.10 Å². The number of ether oxygens (including phenoxy) is 1. The van der Waals surface area contributed by atoms with E-state index in [2.05, 4.69) is 46.7 Å². The van der Waals surface area contributed by atoms with Crippen LogP contribution in [0.25, 0.3) is 0 Å². The summed E-state index contributed by atoms with van der Waals surface area (Å²) in [6, 6.07) is 16.3. The highest BCUT2D eigenvalue weighted by atomic mass is 32.2. The molecule has 0 aromatic heterocycles. The smallest absolute Gasteiger partial charge is 0.182 e. The van der Waals surface area contributed by atoms with E-state index < -0.39 is 0 Å². The van der Waals surface area contributed by atoms with Crippen molar-refractivity contribution in [1.82, 2.24) is 5.43 Å². The number of nitrogens with zero attached hydrogens (tertiary/aromatic N) is 2. The quantitative estimate of drug-likeness (QED) is 0.924. The van der Waals surface area contributed by atoms with Crippen molar-refractivity contribution in [3.63, 3.8) is 0 Å². The van der Waals surface area contributed by atoms with Gasteiger partial charge < -0.3 is 4.74 Å². The summed E-state index contributed by atoms with van der Waals surface area (Å²) in [5.41, 5.74) is 7.37. The van der Waals surface area contributed by atoms with E-state index >= 15 is 0 Å². The van der Waals surface area contributed by atoms with Gasteiger partial charge in [-0.05, 0) is 29.7 Å². The molecule has 0 unspecified atom stereocenters. The maximum atomic E-state index is 5.32. The zero-order valence-corrected chi connectivity index (χ0v) is 14.1. The second kappa shape index (κ2) is 7.33. The largest absolute Gasteiger partial charge is 0.494 e. The molecule has 0 aliphatic carbocycles. The number of hydrogen-bond donors (Lipinski definition) is 1. The number of nitrogens with one attached hydrogen (secondary N) is 1. The van der Waals surface area contributed by atoms with Crippen molar-refractivity contribution >= 4 is 28.3 Å². The monoisotopic (exact) mass is 325 g/mol. The van der Waals surface area contributed by atoms with Gasteiger partial charge in [-0.1, -0.05) is 55.1 Å². The number of para-hydroxylation sites is 2. The number of methoxy groups -OCH3 is 1. The minimum absolute atomic E-state index is 0.757. The van der Waals surface area contributed by atoms with E-state index in [-0.39, 0.29) is 0 Å². The molecular weight excluding hydrogens is 306 g/mol. The molecule has 1 N–H and O–H groups in total. The van der Waals surface area contributed by atoms with Crippen LogP contribution in [0, 0.1) is 0 Å². The molecule has 0 saturated carbocycles. The van der Waals surface area contributed by atoms with Crippen molar-refractivity contribution in [3.8, 4) is 5.75 Å². The fourth-order valence-electron chi connectivity index (χ4n) is 2.29. The van der Waals surface area contributed by atoms with Crippen LogP contribution >= 0.6 is 11.8 Å². The Hall–Kier alpha value is -2.27. The summed E-state index contributed by atoms with van der Waals surface area (Å²) in [6.45, 7) is 2.16. The van der Waals surface area contributed by atoms with Crippen LogP contribution in [-0.2, 0) is 6.42 Å². The molecule has 2 aromatic carbocycles. The Morgan fingerprint density at radius 2 is 1.96 bits per heavy atom. The molecule has 23 heavy (non-hydrogen) atoms. The van der Waals surface area contributed by atoms with Gasteiger partial charge in [0, 0.05) is 5.75 Å². The summed E-state index contributed by atoms with van der Waals surface area (Å²) >= 11 is 1.64. The normalized spacial score (nSPS) is 15.9. The van der Waals surface area contributed by atoms with Crippen LogP contribution < -0.4 is 10.2 Å². The van der Waals surface area contributed by atoms with Gasteiger partial charge in [-0.3, -0.25) is 5.43 Å². The van der Waals surface area contributed by atoms with E-state index in [0.29, 0.717) is 0 Å². The molecule has 5 heteroatoms. The molecule has 0 fully saturated rings. The minimum atomic E-state index is 0.757. The molecule has 4 nitrogen and oxygen atoms in total. The molecule has 0 bridgehead atoms. The molecule has 0 atom stereocenters. The average molecular weight is 325 g/mol. The zero-order chi connectivity index (χ0) is 16.1. The van der Waals surface area contributed by atoms with E-state index in [1.54, 1.807) is 18.9 Å². The van der Waals surface area contributed by atoms with Crippen LogP contribution in [-0.4, -0.2) is 23.7 Å². The van der Waals surface area contributed by atoms with Crippen molar-refractivity contribution in [2.45, 2.75) is 13.3 Å². The topological polar surface area (TPSA) is 46.0 Å². The number of benzene rings is 2. The van der Waals surface area contributed by atoms with Crippen LogP contribution in [0.1, 0.15) is 18.1 Å². The standard InChI is InChI=1S/C18H19N3OS/c1-3-13-8-10-14(11-9-13)16-12-23-18(21-20-16)19-15-6-4-5-7-17(15)22-2/h4-11H,3,12H2,1-2H3,(H,19,21). The van der Waals surface area contributed by atoms with Gasteiger partial charge >= 0.3 is 0 Å². The van der Waals surface area contributed by atoms with Crippen molar-refractivity contribution in [2.75, 3.05) is 12.9 Å². The number of hydrazone groups is 1. The third kappa shape index (κ3) is 3.74. The molecule has 0 spiro atoms. The van der Waals surface area contributed by atoms with E-state index in [1.165, 1.54) is 5.56 Å². The Morgan fingerprint density at radius 1 is 1.17 bits per heavy atom. The fraction of sp³-hybridized carbons (Fsp3) is 0.222. The third-order valence-electron chi connectivity index (χ3n) is 3.63. The first-order valence-electron chi connectivity index (χ1n) is 7.56. The average Bonchev–Trinajstić information content (AvgIpc) is 2.63. The predicted molar refractivity (Wildman–Crippen MR) is 98.0 cm³/mol. The number of hydrogen-bond acceptors (Lipinski definition) is 4. The third-order valence-corrected chi connectivity index (χ3v) is 4.51. The first kappa shape index (κ1) is 15.6. The van der Waals surface area contributed by atoms with Gasteiger partial charge in [0.1, 0.15) is 11.4 Å². The Balaban J connectivity index is 1.75. The van der Waals surface area contributed by atoms with E-state index in [4.69, 9.17) is 4.74 Å². The highest BCUT2D eigenvalue weighted by molar-refractivity contribution is 8.14. The second-order valence-electron chi connectivity index (χ2n) is 5.10. The lowest BCUT2D eigenvalue weighted by Crippen LogP contribution is -2.25. The number of aryl methyl sites for hydroxylation is 1. The van der Waals surface area contributed by atoms with E-state index in [1.807, 2.05) is 24.3 Å². The Morgan fingerprint density at radius 3 is 2.61 bits per heavy atom. The van der Waals surface area contributed by atoms with Crippen LogP contribution in [0.15, 0.2) is 58.6 Å². The number of amidine groups is 1. The molecular formula is C18H19N3OS. The van der Waals surface area contributed by atoms with Gasteiger partial charge in [0.2, 0.25) is 0 Å². The van der Waals surface area contributed by atoms with E-state index in [9.17, 15) is 0 Å². The number of aliphatic imine (C=N–C) groups is 1. The molecule has 0 saturated heterocycles. The minimum Gasteiger partial charge on any atom is -0.494 e. The number of thioether (sulfide) groups is 1. The van der Waals surface area contributed by atoms with Gasteiger partial charge in [0.15, 0.2) is 5.17 Å². The summed E-state index contributed by atoms with van der Waals surface area (Å²) in [6.07, 6.45) is 1.05. The van der Waals surface area contributed by atoms with Gasteiger partial charge in [0.05, 0.1) is 12.8 Å². The van der Waals surface area contributed by atoms with Crippen LogP contribution in [0.3, 0.4) is 0 Å². The van der Waals surface area contributed by atoms with Gasteiger partial charge in [-0.25, -0.2) is 4.99 Å². The lowest BCUT2D eigenvalue weighted by molar-refractivity contribution is 0.416. The Kier molecular flexibility index (Phi) is 4.98. The molecule has 118 valence electrons. The van der Waals surface area contributed by atoms with Crippen LogP contribution in [0.2, 0.25) is 0 Å². The summed E-state index contributed by atoms with van der Waals surface area (Å²) < 4.78 is 5.32. The lowest BCUT2D eigenvalue weighted by Gasteiger charge is -2.15. The van der Waals surface area contributed by atoms with Crippen molar-refractivity contribution in [2.24, 2.45) is 10.1 Å². The van der Waals surface area contributed by atoms with Crippen LogP contribution in [0.5, 0.6) is 5.75 Å². The highest BCUT2D eigenvalue weighted by Gasteiger charge is 2.13. The summed E-state index contributed by atoms with van der Waals surface area (Å²) in [5, 5.41) is 5.24. The first-order chi connectivity index (χ1) is 11.3. The fourth-order valence-corrected chi connectivity index (χ4v) is 3.06. The predicted octanol–water partition coefficient (Wildman–Crippen LogP) is 3.99. The van der Waals surface area contributed by atoms with Crippen LogP contribution in [0.4, 0.5) is 5.69 Å². The molecule has 2 aromatic rings. The maximum absolute atomic E-state index is 5.32. The summed E-state index contributed by atoms with van der Waals surface area (Å²) in [7, 11) is 1.65. The Labute approximate surface area is 140 Å². The molecule has 3 rings (SSSR count). The second-order valence-corrected chi connectivity index (χ2v) is 6.06. The van der Waals surface area contributed by atoms with Crippen molar-refractivity contribution < 1.29 is 4.74 Å². The number of rotatable bonds is 4. The van der Waals surface area contributed by atoms with E-state index in [0.717, 1.165) is 40.1 Å². The first-order valence-corrected chi connectivity index (χ1v) is 8.55. The molecule has 0 radical (unpaired) electrons. The SMILES string of the molecule is CCc1ccc(C2=NNC(=Nc3ccccc3OC)SC2)cc1.